The van der Waals surface area contributed by atoms with Crippen LogP contribution in [0.3, 0.4) is 0 Å². The smallest absolute Gasteiger partial charge is 0.0270 e. The molecule has 62 valence electrons. The number of benzene rings is 1. The lowest BCUT2D eigenvalue weighted by atomic mass is 10.2. The normalized spacial score (nSPS) is 8.42. The fourth-order valence-corrected chi connectivity index (χ4v) is 1.00. The van der Waals surface area contributed by atoms with Crippen LogP contribution in [0.25, 0.3) is 0 Å². The minimum Gasteiger partial charge on any atom is -0.346 e. The van der Waals surface area contributed by atoms with Gasteiger partial charge >= 0.3 is 0 Å². The van der Waals surface area contributed by atoms with Gasteiger partial charge in [-0.2, -0.15) is 0 Å². The van der Waals surface area contributed by atoms with Crippen LogP contribution in [0.1, 0.15) is 12.5 Å². The van der Waals surface area contributed by atoms with Crippen molar-refractivity contribution >= 4 is 0 Å². The number of hydrogen-bond acceptors (Lipinski definition) is 1. The van der Waals surface area contributed by atoms with Gasteiger partial charge in [0.25, 0.3) is 0 Å². The first-order valence-corrected chi connectivity index (χ1v) is 4.12. The van der Waals surface area contributed by atoms with Gasteiger partial charge in [-0.05, 0) is 18.9 Å². The molecule has 0 saturated carbocycles. The van der Waals surface area contributed by atoms with Gasteiger partial charge in [0.15, 0.2) is 0 Å². The highest BCUT2D eigenvalue weighted by molar-refractivity contribution is 5.15. The first kappa shape index (κ1) is 8.67. The van der Waals surface area contributed by atoms with E-state index < -0.39 is 0 Å². The molecule has 1 nitrogen and oxygen atoms in total. The lowest BCUT2D eigenvalue weighted by molar-refractivity contribution is 0.854. The minimum atomic E-state index is 0.921. The average Bonchev–Trinajstić information content (AvgIpc) is 2.14. The third kappa shape index (κ3) is 3.12. The van der Waals surface area contributed by atoms with E-state index >= 15 is 0 Å². The van der Waals surface area contributed by atoms with Gasteiger partial charge in [0.2, 0.25) is 0 Å². The molecule has 0 aliphatic rings. The topological polar surface area (TPSA) is 12.0 Å². The zero-order valence-electron chi connectivity index (χ0n) is 7.30. The molecule has 1 rings (SSSR count). The molecule has 0 aromatic heterocycles. The summed E-state index contributed by atoms with van der Waals surface area (Å²) in [5.41, 5.74) is 1.35. The lowest BCUT2D eigenvalue weighted by Gasteiger charge is -1.98. The van der Waals surface area contributed by atoms with Crippen LogP contribution in [0.15, 0.2) is 30.3 Å². The lowest BCUT2D eigenvalue weighted by Crippen LogP contribution is -2.09. The van der Waals surface area contributed by atoms with Gasteiger partial charge in [-0.15, -0.1) is 0 Å². The Hall–Kier alpha value is -1.42. The molecule has 0 saturated heterocycles. The number of hydrogen-bond donors (Lipinski definition) is 1. The molecule has 12 heavy (non-hydrogen) atoms. The summed E-state index contributed by atoms with van der Waals surface area (Å²) in [5.74, 6) is 2.79. The molecule has 0 aliphatic carbocycles. The van der Waals surface area contributed by atoms with E-state index in [0.717, 1.165) is 13.0 Å². The van der Waals surface area contributed by atoms with Crippen LogP contribution in [-0.4, -0.2) is 6.54 Å². The molecular formula is C11H13N. The zero-order chi connectivity index (χ0) is 8.65. The zero-order valence-corrected chi connectivity index (χ0v) is 7.30. The highest BCUT2D eigenvalue weighted by Crippen LogP contribution is 1.97. The van der Waals surface area contributed by atoms with Crippen molar-refractivity contribution in [3.63, 3.8) is 0 Å². The van der Waals surface area contributed by atoms with Crippen molar-refractivity contribution < 1.29 is 0 Å². The summed E-state index contributed by atoms with van der Waals surface area (Å²) in [6, 6.07) is 13.2. The molecule has 1 N–H and O–H groups in total. The molecule has 0 bridgehead atoms. The summed E-state index contributed by atoms with van der Waals surface area (Å²) < 4.78 is 0. The Morgan fingerprint density at radius 3 is 2.67 bits per heavy atom. The second-order valence-corrected chi connectivity index (χ2v) is 2.54. The van der Waals surface area contributed by atoms with Crippen LogP contribution in [0.5, 0.6) is 0 Å². The highest BCUT2D eigenvalue weighted by Gasteiger charge is 1.87. The molecule has 0 aliphatic heterocycles. The van der Waals surface area contributed by atoms with Crippen LogP contribution in [0.4, 0.5) is 0 Å². The van der Waals surface area contributed by atoms with Gasteiger partial charge in [-0.3, -0.25) is 0 Å². The van der Waals surface area contributed by atoms with Gasteiger partial charge in [-0.1, -0.05) is 36.3 Å². The summed E-state index contributed by atoms with van der Waals surface area (Å²) in [5, 5.41) is 3.02. The molecule has 0 fully saturated rings. The molecule has 1 aromatic carbocycles. The van der Waals surface area contributed by atoms with Crippen molar-refractivity contribution in [3.05, 3.63) is 35.9 Å². The summed E-state index contributed by atoms with van der Waals surface area (Å²) >= 11 is 0. The van der Waals surface area contributed by atoms with Crippen LogP contribution >= 0.6 is 0 Å². The summed E-state index contributed by atoms with van der Waals surface area (Å²) in [4.78, 5) is 0. The van der Waals surface area contributed by atoms with Crippen LogP contribution in [0, 0.1) is 12.0 Å². The SMILES string of the molecule is CC#CNCCc1ccccc1. The first-order valence-electron chi connectivity index (χ1n) is 4.12. The minimum absolute atomic E-state index is 0.921. The van der Waals surface area contributed by atoms with E-state index in [-0.39, 0.29) is 0 Å². The first-order chi connectivity index (χ1) is 5.93. The average molecular weight is 159 g/mol. The quantitative estimate of drug-likeness (QED) is 0.403. The van der Waals surface area contributed by atoms with Gasteiger partial charge in [0, 0.05) is 12.6 Å². The number of nitrogens with one attached hydrogen (secondary N) is 1. The molecule has 0 amide bonds. The van der Waals surface area contributed by atoms with Gasteiger partial charge in [0.05, 0.1) is 0 Å². The van der Waals surface area contributed by atoms with E-state index in [2.05, 4.69) is 41.5 Å². The van der Waals surface area contributed by atoms with E-state index in [0.29, 0.717) is 0 Å². The molecular weight excluding hydrogens is 146 g/mol. The van der Waals surface area contributed by atoms with Crippen molar-refractivity contribution in [1.29, 1.82) is 0 Å². The largest absolute Gasteiger partial charge is 0.346 e. The van der Waals surface area contributed by atoms with E-state index in [9.17, 15) is 0 Å². The van der Waals surface area contributed by atoms with E-state index in [1.54, 1.807) is 0 Å². The standard InChI is InChI=1S/C11H13N/c1-2-9-12-10-8-11-6-4-3-5-7-11/h3-7,12H,8,10H2,1H3. The Morgan fingerprint density at radius 1 is 1.25 bits per heavy atom. The highest BCUT2D eigenvalue weighted by atomic mass is 14.8. The molecule has 0 heterocycles. The van der Waals surface area contributed by atoms with Crippen molar-refractivity contribution in [2.45, 2.75) is 13.3 Å². The summed E-state index contributed by atoms with van der Waals surface area (Å²) in [7, 11) is 0. The maximum absolute atomic E-state index is 3.02. The maximum atomic E-state index is 3.02. The summed E-state index contributed by atoms with van der Waals surface area (Å²) in [6.07, 6.45) is 1.04. The van der Waals surface area contributed by atoms with E-state index in [1.165, 1.54) is 5.56 Å². The number of rotatable bonds is 3. The predicted molar refractivity (Wildman–Crippen MR) is 51.6 cm³/mol. The van der Waals surface area contributed by atoms with Gasteiger partial charge in [0.1, 0.15) is 0 Å². The van der Waals surface area contributed by atoms with Gasteiger partial charge in [-0.25, -0.2) is 0 Å². The predicted octanol–water partition coefficient (Wildman–Crippen LogP) is 1.80. The van der Waals surface area contributed by atoms with Crippen LogP contribution in [-0.2, 0) is 6.42 Å². The van der Waals surface area contributed by atoms with E-state index in [4.69, 9.17) is 0 Å². The van der Waals surface area contributed by atoms with Crippen molar-refractivity contribution in [2.75, 3.05) is 6.54 Å². The van der Waals surface area contributed by atoms with Gasteiger partial charge < -0.3 is 5.32 Å². The van der Waals surface area contributed by atoms with Crippen LogP contribution in [0.2, 0.25) is 0 Å². The molecule has 0 atom stereocenters. The maximum Gasteiger partial charge on any atom is 0.0270 e. The van der Waals surface area contributed by atoms with Crippen LogP contribution < -0.4 is 5.32 Å². The summed E-state index contributed by atoms with van der Waals surface area (Å²) in [6.45, 7) is 2.75. The Balaban J connectivity index is 2.27. The second kappa shape index (κ2) is 5.26. The Kier molecular flexibility index (Phi) is 3.80. The Morgan fingerprint density at radius 2 is 2.00 bits per heavy atom. The Labute approximate surface area is 73.8 Å². The molecule has 1 aromatic rings. The monoisotopic (exact) mass is 159 g/mol. The Bertz CT molecular complexity index is 266. The van der Waals surface area contributed by atoms with Crippen molar-refractivity contribution in [2.24, 2.45) is 0 Å². The third-order valence-corrected chi connectivity index (χ3v) is 1.59. The van der Waals surface area contributed by atoms with E-state index in [1.807, 2.05) is 13.0 Å². The van der Waals surface area contributed by atoms with Crippen molar-refractivity contribution in [3.8, 4) is 12.0 Å². The fraction of sp³-hybridized carbons (Fsp3) is 0.273. The molecule has 0 unspecified atom stereocenters. The van der Waals surface area contributed by atoms with Crippen molar-refractivity contribution in [1.82, 2.24) is 5.32 Å². The third-order valence-electron chi connectivity index (χ3n) is 1.59. The molecule has 1 heteroatoms. The fourth-order valence-electron chi connectivity index (χ4n) is 1.00. The second-order valence-electron chi connectivity index (χ2n) is 2.54. The molecule has 0 radical (unpaired) electrons. The molecule has 0 spiro atoms.